The second-order valence-corrected chi connectivity index (χ2v) is 7.90. The lowest BCUT2D eigenvalue weighted by atomic mass is 10.0. The van der Waals surface area contributed by atoms with Crippen molar-refractivity contribution < 1.29 is 13.9 Å². The predicted molar refractivity (Wildman–Crippen MR) is 120 cm³/mol. The molecule has 1 aromatic carbocycles. The Morgan fingerprint density at radius 2 is 2.09 bits per heavy atom. The van der Waals surface area contributed by atoms with E-state index in [1.54, 1.807) is 30.0 Å². The van der Waals surface area contributed by atoms with Crippen LogP contribution >= 0.6 is 0 Å². The molecule has 0 bridgehead atoms. The summed E-state index contributed by atoms with van der Waals surface area (Å²) in [6.45, 7) is 2.89. The topological polar surface area (TPSA) is 106 Å². The highest BCUT2D eigenvalue weighted by molar-refractivity contribution is 5.96. The number of amides is 1. The van der Waals surface area contributed by atoms with Crippen LogP contribution in [0, 0.1) is 12.7 Å². The van der Waals surface area contributed by atoms with Gasteiger partial charge >= 0.3 is 0 Å². The second-order valence-electron chi connectivity index (χ2n) is 7.90. The zero-order valence-corrected chi connectivity index (χ0v) is 18.2. The Balaban J connectivity index is 1.68. The average Bonchev–Trinajstić information content (AvgIpc) is 3.50. The Bertz CT molecular complexity index is 1330. The number of aromatic nitrogens is 5. The van der Waals surface area contributed by atoms with E-state index in [1.165, 1.54) is 19.2 Å². The molecule has 0 aliphatic carbocycles. The van der Waals surface area contributed by atoms with E-state index in [-0.39, 0.29) is 17.5 Å². The van der Waals surface area contributed by atoms with Crippen LogP contribution in [0.1, 0.15) is 22.3 Å². The van der Waals surface area contributed by atoms with Gasteiger partial charge in [-0.05, 0) is 37.1 Å². The van der Waals surface area contributed by atoms with Crippen molar-refractivity contribution in [3.05, 3.63) is 59.9 Å². The molecule has 1 atom stereocenters. The molecule has 1 fully saturated rings. The molecule has 9 nitrogen and oxygen atoms in total. The molecule has 33 heavy (non-hydrogen) atoms. The zero-order chi connectivity index (χ0) is 22.9. The molecule has 4 aromatic rings. The number of nitrogens with zero attached hydrogens (tertiary/aromatic N) is 5. The highest BCUT2D eigenvalue weighted by Gasteiger charge is 2.22. The summed E-state index contributed by atoms with van der Waals surface area (Å²) in [4.78, 5) is 17.0. The Morgan fingerprint density at radius 3 is 2.82 bits per heavy atom. The summed E-state index contributed by atoms with van der Waals surface area (Å²) in [5.41, 5.74) is 3.57. The number of halogens is 1. The minimum absolute atomic E-state index is 0.107. The van der Waals surface area contributed by atoms with Gasteiger partial charge in [0, 0.05) is 47.7 Å². The van der Waals surface area contributed by atoms with E-state index in [9.17, 15) is 4.79 Å². The van der Waals surface area contributed by atoms with Crippen LogP contribution in [0.4, 0.5) is 10.2 Å². The van der Waals surface area contributed by atoms with Gasteiger partial charge in [-0.3, -0.25) is 4.79 Å². The van der Waals surface area contributed by atoms with Crippen LogP contribution in [-0.2, 0) is 4.74 Å². The number of hydrogen-bond donors (Lipinski definition) is 2. The number of ether oxygens (including phenoxy) is 1. The van der Waals surface area contributed by atoms with Crippen molar-refractivity contribution in [2.75, 3.05) is 25.6 Å². The van der Waals surface area contributed by atoms with Crippen LogP contribution in [-0.4, -0.2) is 57.0 Å². The van der Waals surface area contributed by atoms with Gasteiger partial charge in [-0.15, -0.1) is 0 Å². The molecule has 3 aromatic heterocycles. The number of fused-ring (bicyclic) bond motifs is 1. The van der Waals surface area contributed by atoms with Crippen molar-refractivity contribution >= 4 is 17.4 Å². The molecule has 0 radical (unpaired) electrons. The van der Waals surface area contributed by atoms with Crippen molar-refractivity contribution in [2.45, 2.75) is 19.4 Å². The van der Waals surface area contributed by atoms with Crippen molar-refractivity contribution in [1.29, 1.82) is 0 Å². The Kier molecular flexibility index (Phi) is 5.43. The van der Waals surface area contributed by atoms with Gasteiger partial charge in [-0.1, -0.05) is 0 Å². The van der Waals surface area contributed by atoms with Gasteiger partial charge in [0.05, 0.1) is 31.2 Å². The first kappa shape index (κ1) is 21.0. The number of hydrogen-bond acceptors (Lipinski definition) is 7. The fourth-order valence-electron chi connectivity index (χ4n) is 3.96. The molecule has 2 N–H and O–H groups in total. The first-order valence-electron chi connectivity index (χ1n) is 10.6. The van der Waals surface area contributed by atoms with Gasteiger partial charge in [0.1, 0.15) is 11.6 Å². The maximum absolute atomic E-state index is 15.2. The molecule has 1 aliphatic heterocycles. The minimum Gasteiger partial charge on any atom is -0.379 e. The summed E-state index contributed by atoms with van der Waals surface area (Å²) in [5, 5.41) is 18.3. The van der Waals surface area contributed by atoms with Gasteiger partial charge in [0.15, 0.2) is 5.65 Å². The third-order valence-electron chi connectivity index (χ3n) is 5.69. The van der Waals surface area contributed by atoms with Gasteiger partial charge in [0.2, 0.25) is 0 Å². The van der Waals surface area contributed by atoms with Gasteiger partial charge in [0.25, 0.3) is 5.91 Å². The lowest BCUT2D eigenvalue weighted by Gasteiger charge is -2.16. The molecule has 4 heterocycles. The van der Waals surface area contributed by atoms with Crippen molar-refractivity contribution in [3.63, 3.8) is 0 Å². The van der Waals surface area contributed by atoms with E-state index in [2.05, 4.69) is 25.9 Å². The summed E-state index contributed by atoms with van der Waals surface area (Å²) in [5.74, 6) is -0.0901. The second kappa shape index (κ2) is 8.55. The summed E-state index contributed by atoms with van der Waals surface area (Å²) < 4.78 is 22.3. The number of aryl methyl sites for hydroxylation is 1. The quantitative estimate of drug-likeness (QED) is 0.485. The van der Waals surface area contributed by atoms with Crippen LogP contribution in [0.2, 0.25) is 0 Å². The Hall–Kier alpha value is -3.92. The average molecular weight is 447 g/mol. The molecular weight excluding hydrogens is 425 g/mol. The zero-order valence-electron chi connectivity index (χ0n) is 18.2. The highest BCUT2D eigenvalue weighted by Crippen LogP contribution is 2.33. The van der Waals surface area contributed by atoms with Crippen LogP contribution in [0.3, 0.4) is 0 Å². The number of carbonyl (C=O) groups is 1. The minimum atomic E-state index is -0.416. The number of anilines is 1. The van der Waals surface area contributed by atoms with E-state index in [4.69, 9.17) is 9.72 Å². The van der Waals surface area contributed by atoms with Crippen LogP contribution in [0.15, 0.2) is 43.0 Å². The molecule has 1 unspecified atom stereocenters. The number of benzene rings is 1. The number of nitrogens with one attached hydrogen (secondary N) is 2. The molecular formula is C23H22FN7O2. The van der Waals surface area contributed by atoms with E-state index in [0.29, 0.717) is 41.4 Å². The van der Waals surface area contributed by atoms with Crippen LogP contribution in [0.25, 0.3) is 27.9 Å². The van der Waals surface area contributed by atoms with Gasteiger partial charge in [-0.2, -0.15) is 15.3 Å². The molecule has 1 saturated heterocycles. The lowest BCUT2D eigenvalue weighted by molar-refractivity contribution is 0.0963. The van der Waals surface area contributed by atoms with Crippen molar-refractivity contribution in [2.24, 2.45) is 0 Å². The molecule has 1 aliphatic rings. The maximum atomic E-state index is 15.2. The molecule has 0 saturated carbocycles. The fourth-order valence-corrected chi connectivity index (χ4v) is 3.96. The molecule has 10 heteroatoms. The standard InChI is InChI=1S/C23H22FN7O2/c1-13-7-15(23(32)25-2)8-17(20(13)24)18-10-28-31-11-19(14-3-5-26-27-9-14)21(30-22(18)31)29-16-4-6-33-12-16/h3,5,7-11,16H,4,6,12H2,1-2H3,(H,25,32)(H,29,30). The molecule has 5 rings (SSSR count). The smallest absolute Gasteiger partial charge is 0.251 e. The van der Waals surface area contributed by atoms with Crippen LogP contribution in [0.5, 0.6) is 0 Å². The first-order chi connectivity index (χ1) is 16.0. The molecule has 1 amide bonds. The predicted octanol–water partition coefficient (Wildman–Crippen LogP) is 2.86. The largest absolute Gasteiger partial charge is 0.379 e. The number of rotatable bonds is 5. The first-order valence-corrected chi connectivity index (χ1v) is 10.6. The molecule has 168 valence electrons. The SMILES string of the molecule is CNC(=O)c1cc(C)c(F)c(-c2cnn3cc(-c4ccnnc4)c(NC4CCOC4)nc23)c1. The van der Waals surface area contributed by atoms with Gasteiger partial charge < -0.3 is 15.4 Å². The Labute approximate surface area is 189 Å². The monoisotopic (exact) mass is 447 g/mol. The van der Waals surface area contributed by atoms with E-state index in [0.717, 1.165) is 17.5 Å². The summed E-state index contributed by atoms with van der Waals surface area (Å²) in [6.07, 6.45) is 7.51. The maximum Gasteiger partial charge on any atom is 0.251 e. The van der Waals surface area contributed by atoms with E-state index < -0.39 is 5.82 Å². The fraction of sp³-hybridized carbons (Fsp3) is 0.261. The highest BCUT2D eigenvalue weighted by atomic mass is 19.1. The Morgan fingerprint density at radius 1 is 1.21 bits per heavy atom. The number of carbonyl (C=O) groups excluding carboxylic acids is 1. The summed E-state index contributed by atoms with van der Waals surface area (Å²) in [6, 6.07) is 5.00. The van der Waals surface area contributed by atoms with Crippen molar-refractivity contribution in [3.8, 4) is 22.3 Å². The van der Waals surface area contributed by atoms with Gasteiger partial charge in [-0.25, -0.2) is 13.9 Å². The third kappa shape index (κ3) is 3.89. The van der Waals surface area contributed by atoms with E-state index >= 15 is 4.39 Å². The summed E-state index contributed by atoms with van der Waals surface area (Å²) in [7, 11) is 1.54. The summed E-state index contributed by atoms with van der Waals surface area (Å²) >= 11 is 0. The lowest BCUT2D eigenvalue weighted by Crippen LogP contribution is -2.20. The van der Waals surface area contributed by atoms with Crippen molar-refractivity contribution in [1.82, 2.24) is 30.1 Å². The molecule has 0 spiro atoms. The van der Waals surface area contributed by atoms with Crippen LogP contribution < -0.4 is 10.6 Å². The third-order valence-corrected chi connectivity index (χ3v) is 5.69. The van der Waals surface area contributed by atoms with E-state index in [1.807, 2.05) is 12.3 Å². The normalized spacial score (nSPS) is 15.7.